The molecule has 3 aromatic carbocycles. The maximum absolute atomic E-state index is 13.7. The highest BCUT2D eigenvalue weighted by molar-refractivity contribution is 6.23. The van der Waals surface area contributed by atoms with Gasteiger partial charge in [-0.15, -0.1) is 0 Å². The van der Waals surface area contributed by atoms with Crippen molar-refractivity contribution in [3.05, 3.63) is 95.6 Å². The maximum Gasteiger partial charge on any atom is 0.257 e. The van der Waals surface area contributed by atoms with Crippen LogP contribution in [0.1, 0.15) is 47.8 Å². The van der Waals surface area contributed by atoms with Gasteiger partial charge in [-0.2, -0.15) is 0 Å². The molecular formula is C28H27N3O4. The van der Waals surface area contributed by atoms with E-state index < -0.39 is 18.0 Å². The molecule has 1 N–H and O–H groups in total. The quantitative estimate of drug-likeness (QED) is 0.539. The van der Waals surface area contributed by atoms with Crippen LogP contribution in [0.5, 0.6) is 0 Å². The van der Waals surface area contributed by atoms with Crippen molar-refractivity contribution < 1.29 is 19.2 Å². The van der Waals surface area contributed by atoms with Crippen LogP contribution in [-0.2, 0) is 14.4 Å². The fourth-order valence-electron chi connectivity index (χ4n) is 4.33. The fraction of sp³-hybridized carbons (Fsp3) is 0.214. The van der Waals surface area contributed by atoms with Gasteiger partial charge in [0, 0.05) is 18.2 Å². The molecule has 1 heterocycles. The number of hydrogen-bond acceptors (Lipinski definition) is 4. The Bertz CT molecular complexity index is 1250. The summed E-state index contributed by atoms with van der Waals surface area (Å²) in [7, 11) is 0. The summed E-state index contributed by atoms with van der Waals surface area (Å²) in [4.78, 5) is 54.2. The van der Waals surface area contributed by atoms with Crippen LogP contribution in [0.4, 0.5) is 11.4 Å². The Labute approximate surface area is 204 Å². The number of anilines is 2. The minimum atomic E-state index is -0.943. The number of benzene rings is 3. The van der Waals surface area contributed by atoms with Crippen LogP contribution in [0.3, 0.4) is 0 Å². The molecule has 35 heavy (non-hydrogen) atoms. The molecule has 1 aliphatic heterocycles. The molecule has 7 heteroatoms. The summed E-state index contributed by atoms with van der Waals surface area (Å²) >= 11 is 0. The zero-order valence-electron chi connectivity index (χ0n) is 19.9. The maximum atomic E-state index is 13.7. The van der Waals surface area contributed by atoms with Gasteiger partial charge in [0.2, 0.25) is 11.8 Å². The molecule has 4 rings (SSSR count). The van der Waals surface area contributed by atoms with Gasteiger partial charge in [0.1, 0.15) is 6.04 Å². The average molecular weight is 470 g/mol. The van der Waals surface area contributed by atoms with Crippen LogP contribution in [-0.4, -0.2) is 34.6 Å². The summed E-state index contributed by atoms with van der Waals surface area (Å²) < 4.78 is 0. The second-order valence-electron chi connectivity index (χ2n) is 8.68. The van der Waals surface area contributed by atoms with E-state index in [-0.39, 0.29) is 24.1 Å². The molecule has 0 aromatic heterocycles. The lowest BCUT2D eigenvalue weighted by Gasteiger charge is -2.33. The predicted octanol–water partition coefficient (Wildman–Crippen LogP) is 4.49. The number of imide groups is 1. The van der Waals surface area contributed by atoms with E-state index in [1.165, 1.54) is 11.8 Å². The van der Waals surface area contributed by atoms with Crippen LogP contribution < -0.4 is 10.2 Å². The monoisotopic (exact) mass is 469 g/mol. The zero-order chi connectivity index (χ0) is 25.1. The summed E-state index contributed by atoms with van der Waals surface area (Å²) in [6, 6.07) is 21.7. The van der Waals surface area contributed by atoms with Crippen LogP contribution in [0, 0.1) is 6.92 Å². The third kappa shape index (κ3) is 4.99. The van der Waals surface area contributed by atoms with Crippen LogP contribution in [0.2, 0.25) is 0 Å². The number of rotatable bonds is 6. The molecule has 0 radical (unpaired) electrons. The minimum Gasteiger partial charge on any atom is -0.326 e. The van der Waals surface area contributed by atoms with E-state index in [4.69, 9.17) is 0 Å². The minimum absolute atomic E-state index is 0.110. The molecule has 0 aliphatic carbocycles. The fourth-order valence-corrected chi connectivity index (χ4v) is 4.33. The molecule has 1 aliphatic rings. The predicted molar refractivity (Wildman–Crippen MR) is 134 cm³/mol. The van der Waals surface area contributed by atoms with Crippen molar-refractivity contribution >= 4 is 35.0 Å². The van der Waals surface area contributed by atoms with E-state index in [1.807, 2.05) is 56.3 Å². The van der Waals surface area contributed by atoms with Crippen molar-refractivity contribution in [2.24, 2.45) is 0 Å². The summed E-state index contributed by atoms with van der Waals surface area (Å²) in [5.74, 6) is -1.36. The molecule has 178 valence electrons. The number of carbonyl (C=O) groups is 4. The van der Waals surface area contributed by atoms with Gasteiger partial charge in [0.25, 0.3) is 11.8 Å². The standard InChI is InChI=1S/C28H27N3O4/c1-18-9-11-22(12-10-18)27(34)30(19(2)21-7-5-4-6-8-21)25-17-26(33)31(28(25)35)24-15-13-23(14-16-24)29-20(3)32/h4-16,19,25H,17H2,1-3H3,(H,29,32). The number of nitrogens with one attached hydrogen (secondary N) is 1. The molecule has 0 spiro atoms. The van der Waals surface area contributed by atoms with E-state index in [9.17, 15) is 19.2 Å². The molecule has 0 saturated carbocycles. The first-order chi connectivity index (χ1) is 16.8. The molecular weight excluding hydrogens is 442 g/mol. The first-order valence-electron chi connectivity index (χ1n) is 11.4. The molecule has 1 saturated heterocycles. The number of aryl methyl sites for hydroxylation is 1. The van der Waals surface area contributed by atoms with Crippen molar-refractivity contribution in [1.82, 2.24) is 4.90 Å². The smallest absolute Gasteiger partial charge is 0.257 e. The lowest BCUT2D eigenvalue weighted by atomic mass is 10.0. The summed E-state index contributed by atoms with van der Waals surface area (Å²) in [5, 5.41) is 2.66. The van der Waals surface area contributed by atoms with Gasteiger partial charge >= 0.3 is 0 Å². The number of carbonyl (C=O) groups excluding carboxylic acids is 4. The van der Waals surface area contributed by atoms with Gasteiger partial charge in [-0.3, -0.25) is 19.2 Å². The van der Waals surface area contributed by atoms with Crippen LogP contribution >= 0.6 is 0 Å². The molecule has 4 amide bonds. The molecule has 0 bridgehead atoms. The molecule has 7 nitrogen and oxygen atoms in total. The summed E-state index contributed by atoms with van der Waals surface area (Å²) in [6.07, 6.45) is -0.110. The SMILES string of the molecule is CC(=O)Nc1ccc(N2C(=O)CC(N(C(=O)c3ccc(C)cc3)C(C)c3ccccc3)C2=O)cc1. The Morgan fingerprint density at radius 2 is 1.57 bits per heavy atom. The lowest BCUT2D eigenvalue weighted by molar-refractivity contribution is -0.123. The molecule has 3 aromatic rings. The highest BCUT2D eigenvalue weighted by Gasteiger charge is 2.46. The highest BCUT2D eigenvalue weighted by atomic mass is 16.2. The van der Waals surface area contributed by atoms with Gasteiger partial charge in [-0.1, -0.05) is 48.0 Å². The topological polar surface area (TPSA) is 86.8 Å². The Balaban J connectivity index is 1.68. The van der Waals surface area contributed by atoms with E-state index in [2.05, 4.69) is 5.32 Å². The van der Waals surface area contributed by atoms with E-state index in [0.717, 1.165) is 16.0 Å². The third-order valence-corrected chi connectivity index (χ3v) is 6.14. The normalized spacial score (nSPS) is 16.2. The second kappa shape index (κ2) is 9.93. The van der Waals surface area contributed by atoms with Gasteiger partial charge < -0.3 is 10.2 Å². The second-order valence-corrected chi connectivity index (χ2v) is 8.68. The van der Waals surface area contributed by atoms with Gasteiger partial charge in [0.05, 0.1) is 18.2 Å². The van der Waals surface area contributed by atoms with Crippen molar-refractivity contribution in [2.45, 2.75) is 39.3 Å². The third-order valence-electron chi connectivity index (χ3n) is 6.14. The molecule has 2 atom stereocenters. The number of hydrogen-bond donors (Lipinski definition) is 1. The number of amides is 4. The van der Waals surface area contributed by atoms with Crippen molar-refractivity contribution in [2.75, 3.05) is 10.2 Å². The average Bonchev–Trinajstić information content (AvgIpc) is 3.13. The zero-order valence-corrected chi connectivity index (χ0v) is 19.9. The summed E-state index contributed by atoms with van der Waals surface area (Å²) in [6.45, 7) is 5.20. The van der Waals surface area contributed by atoms with Gasteiger partial charge in [-0.25, -0.2) is 4.90 Å². The first-order valence-corrected chi connectivity index (χ1v) is 11.4. The molecule has 1 fully saturated rings. The van der Waals surface area contributed by atoms with Gasteiger partial charge in [-0.05, 0) is 55.8 Å². The Hall–Kier alpha value is -4.26. The molecule has 2 unspecified atom stereocenters. The number of nitrogens with zero attached hydrogens (tertiary/aromatic N) is 2. The first kappa shape index (κ1) is 23.9. The summed E-state index contributed by atoms with van der Waals surface area (Å²) in [5.41, 5.74) is 3.30. The van der Waals surface area contributed by atoms with E-state index >= 15 is 0 Å². The lowest BCUT2D eigenvalue weighted by Crippen LogP contribution is -2.46. The Kier molecular flexibility index (Phi) is 6.78. The van der Waals surface area contributed by atoms with Crippen LogP contribution in [0.25, 0.3) is 0 Å². The van der Waals surface area contributed by atoms with E-state index in [1.54, 1.807) is 36.4 Å². The van der Waals surface area contributed by atoms with Crippen molar-refractivity contribution in [3.63, 3.8) is 0 Å². The van der Waals surface area contributed by atoms with Gasteiger partial charge in [0.15, 0.2) is 0 Å². The largest absolute Gasteiger partial charge is 0.326 e. The van der Waals surface area contributed by atoms with Crippen molar-refractivity contribution in [3.8, 4) is 0 Å². The Morgan fingerprint density at radius 3 is 2.17 bits per heavy atom. The van der Waals surface area contributed by atoms with E-state index in [0.29, 0.717) is 16.9 Å². The Morgan fingerprint density at radius 1 is 0.943 bits per heavy atom. The highest BCUT2D eigenvalue weighted by Crippen LogP contribution is 2.33. The van der Waals surface area contributed by atoms with Crippen LogP contribution in [0.15, 0.2) is 78.9 Å². The van der Waals surface area contributed by atoms with Crippen molar-refractivity contribution in [1.29, 1.82) is 0 Å².